The van der Waals surface area contributed by atoms with Gasteiger partial charge in [0.1, 0.15) is 5.75 Å². The van der Waals surface area contributed by atoms with Gasteiger partial charge in [-0.25, -0.2) is 4.68 Å². The molecule has 4 rings (SSSR count). The Morgan fingerprint density at radius 3 is 2.64 bits per heavy atom. The van der Waals surface area contributed by atoms with Crippen molar-refractivity contribution < 1.29 is 9.26 Å². The lowest BCUT2D eigenvalue weighted by Gasteiger charge is -2.05. The van der Waals surface area contributed by atoms with Crippen LogP contribution in [0.1, 0.15) is 11.5 Å². The first-order chi connectivity index (χ1) is 13.7. The van der Waals surface area contributed by atoms with Gasteiger partial charge in [0, 0.05) is 10.6 Å². The second-order valence-corrected chi connectivity index (χ2v) is 7.15. The summed E-state index contributed by atoms with van der Waals surface area (Å²) in [6.07, 6.45) is 0. The largest absolute Gasteiger partial charge is 0.497 e. The highest BCUT2D eigenvalue weighted by molar-refractivity contribution is 7.98. The SMILES string of the molecule is COc1ccc(Cn2nnnc2SCc2nc(-c3ccc(Cl)cc3)no2)cc1. The van der Waals surface area contributed by atoms with E-state index < -0.39 is 0 Å². The van der Waals surface area contributed by atoms with Gasteiger partial charge in [0.2, 0.25) is 16.9 Å². The summed E-state index contributed by atoms with van der Waals surface area (Å²) in [6.45, 7) is 0.555. The molecule has 0 radical (unpaired) electrons. The van der Waals surface area contributed by atoms with Crippen molar-refractivity contribution in [3.8, 4) is 17.1 Å². The predicted molar refractivity (Wildman–Crippen MR) is 104 cm³/mol. The second kappa shape index (κ2) is 8.41. The fourth-order valence-corrected chi connectivity index (χ4v) is 3.30. The van der Waals surface area contributed by atoms with Crippen LogP contribution in [0.2, 0.25) is 5.02 Å². The Balaban J connectivity index is 1.40. The summed E-state index contributed by atoms with van der Waals surface area (Å²) in [7, 11) is 1.64. The van der Waals surface area contributed by atoms with Crippen molar-refractivity contribution >= 4 is 23.4 Å². The zero-order chi connectivity index (χ0) is 19.3. The molecule has 10 heteroatoms. The van der Waals surface area contributed by atoms with E-state index in [0.717, 1.165) is 16.9 Å². The lowest BCUT2D eigenvalue weighted by molar-refractivity contribution is 0.391. The van der Waals surface area contributed by atoms with Gasteiger partial charge in [-0.3, -0.25) is 0 Å². The number of tetrazole rings is 1. The summed E-state index contributed by atoms with van der Waals surface area (Å²) in [6, 6.07) is 15.0. The maximum Gasteiger partial charge on any atom is 0.237 e. The summed E-state index contributed by atoms with van der Waals surface area (Å²) in [5.41, 5.74) is 1.91. The van der Waals surface area contributed by atoms with Gasteiger partial charge < -0.3 is 9.26 Å². The van der Waals surface area contributed by atoms with E-state index in [-0.39, 0.29) is 0 Å². The highest BCUT2D eigenvalue weighted by Gasteiger charge is 2.13. The Labute approximate surface area is 169 Å². The van der Waals surface area contributed by atoms with E-state index >= 15 is 0 Å². The molecule has 2 aromatic heterocycles. The fourth-order valence-electron chi connectivity index (χ4n) is 2.46. The Bertz CT molecular complexity index is 1050. The average Bonchev–Trinajstić information content (AvgIpc) is 3.37. The molecule has 0 amide bonds. The second-order valence-electron chi connectivity index (χ2n) is 5.77. The van der Waals surface area contributed by atoms with Crippen molar-refractivity contribution in [1.29, 1.82) is 0 Å². The van der Waals surface area contributed by atoms with Gasteiger partial charge in [-0.1, -0.05) is 40.7 Å². The van der Waals surface area contributed by atoms with Crippen LogP contribution < -0.4 is 4.74 Å². The van der Waals surface area contributed by atoms with Crippen molar-refractivity contribution in [1.82, 2.24) is 30.3 Å². The molecule has 2 heterocycles. The molecule has 2 aromatic carbocycles. The van der Waals surface area contributed by atoms with Crippen molar-refractivity contribution in [3.63, 3.8) is 0 Å². The Morgan fingerprint density at radius 1 is 1.11 bits per heavy atom. The molecule has 0 bridgehead atoms. The smallest absolute Gasteiger partial charge is 0.237 e. The number of thioether (sulfide) groups is 1. The molecule has 0 fully saturated rings. The van der Waals surface area contributed by atoms with Gasteiger partial charge in [0.05, 0.1) is 19.4 Å². The quantitative estimate of drug-likeness (QED) is 0.422. The molecule has 0 unspecified atom stereocenters. The topological polar surface area (TPSA) is 91.8 Å². The van der Waals surface area contributed by atoms with Crippen LogP contribution in [-0.2, 0) is 12.3 Å². The minimum atomic E-state index is 0.462. The number of rotatable bonds is 7. The van der Waals surface area contributed by atoms with Crippen molar-refractivity contribution in [2.24, 2.45) is 0 Å². The third-order valence-electron chi connectivity index (χ3n) is 3.89. The van der Waals surface area contributed by atoms with Crippen LogP contribution in [-0.4, -0.2) is 37.5 Å². The highest BCUT2D eigenvalue weighted by Crippen LogP contribution is 2.23. The number of nitrogens with zero attached hydrogens (tertiary/aromatic N) is 6. The van der Waals surface area contributed by atoms with E-state index in [4.69, 9.17) is 20.9 Å². The van der Waals surface area contributed by atoms with Crippen LogP contribution in [0.15, 0.2) is 58.2 Å². The molecule has 0 aliphatic heterocycles. The number of ether oxygens (including phenoxy) is 1. The molecule has 0 atom stereocenters. The van der Waals surface area contributed by atoms with E-state index in [0.29, 0.717) is 34.2 Å². The van der Waals surface area contributed by atoms with Crippen molar-refractivity contribution in [2.45, 2.75) is 17.5 Å². The molecule has 0 N–H and O–H groups in total. The standard InChI is InChI=1S/C18H15ClN6O2S/c1-26-15-8-2-12(3-9-15)10-25-18(21-23-24-25)28-11-16-20-17(22-27-16)13-4-6-14(19)7-5-13/h2-9H,10-11H2,1H3. The van der Waals surface area contributed by atoms with Crippen LogP contribution in [0, 0.1) is 0 Å². The highest BCUT2D eigenvalue weighted by atomic mass is 35.5. The summed E-state index contributed by atoms with van der Waals surface area (Å²) in [4.78, 5) is 4.41. The van der Waals surface area contributed by atoms with E-state index in [2.05, 4.69) is 25.7 Å². The predicted octanol–water partition coefficient (Wildman–Crippen LogP) is 3.73. The lowest BCUT2D eigenvalue weighted by atomic mass is 10.2. The maximum absolute atomic E-state index is 5.90. The minimum Gasteiger partial charge on any atom is -0.497 e. The van der Waals surface area contributed by atoms with Gasteiger partial charge in [-0.2, -0.15) is 4.98 Å². The van der Waals surface area contributed by atoms with E-state index in [1.54, 1.807) is 23.9 Å². The lowest BCUT2D eigenvalue weighted by Crippen LogP contribution is -2.04. The first kappa shape index (κ1) is 18.5. The van der Waals surface area contributed by atoms with Crippen LogP contribution in [0.3, 0.4) is 0 Å². The van der Waals surface area contributed by atoms with E-state index in [1.165, 1.54) is 11.8 Å². The van der Waals surface area contributed by atoms with Crippen LogP contribution in [0.5, 0.6) is 5.75 Å². The zero-order valence-electron chi connectivity index (χ0n) is 14.8. The van der Waals surface area contributed by atoms with Crippen LogP contribution in [0.25, 0.3) is 11.4 Å². The summed E-state index contributed by atoms with van der Waals surface area (Å²) in [5.74, 6) is 2.28. The normalized spacial score (nSPS) is 10.9. The summed E-state index contributed by atoms with van der Waals surface area (Å²) < 4.78 is 12.2. The molecule has 28 heavy (non-hydrogen) atoms. The van der Waals surface area contributed by atoms with Crippen LogP contribution >= 0.6 is 23.4 Å². The van der Waals surface area contributed by atoms with Gasteiger partial charge in [-0.15, -0.1) is 5.10 Å². The molecule has 142 valence electrons. The molecular formula is C18H15ClN6O2S. The Hall–Kier alpha value is -2.91. The van der Waals surface area contributed by atoms with Crippen LogP contribution in [0.4, 0.5) is 0 Å². The fraction of sp³-hybridized carbons (Fsp3) is 0.167. The molecule has 0 spiro atoms. The molecule has 0 saturated heterocycles. The number of aromatic nitrogens is 6. The number of benzene rings is 2. The third-order valence-corrected chi connectivity index (χ3v) is 5.08. The van der Waals surface area contributed by atoms with Gasteiger partial charge in [-0.05, 0) is 52.4 Å². The van der Waals surface area contributed by atoms with Gasteiger partial charge in [0.25, 0.3) is 0 Å². The van der Waals surface area contributed by atoms with Crippen molar-refractivity contribution in [2.75, 3.05) is 7.11 Å². The molecule has 4 aromatic rings. The van der Waals surface area contributed by atoms with E-state index in [9.17, 15) is 0 Å². The number of hydrogen-bond acceptors (Lipinski definition) is 8. The van der Waals surface area contributed by atoms with Gasteiger partial charge in [0.15, 0.2) is 0 Å². The zero-order valence-corrected chi connectivity index (χ0v) is 16.4. The minimum absolute atomic E-state index is 0.462. The van der Waals surface area contributed by atoms with Crippen molar-refractivity contribution in [3.05, 3.63) is 65.0 Å². The molecule has 0 aliphatic carbocycles. The van der Waals surface area contributed by atoms with E-state index in [1.807, 2.05) is 36.4 Å². The summed E-state index contributed by atoms with van der Waals surface area (Å²) in [5, 5.41) is 17.2. The molecule has 0 saturated carbocycles. The number of methoxy groups -OCH3 is 1. The Morgan fingerprint density at radius 2 is 1.89 bits per heavy atom. The maximum atomic E-state index is 5.90. The average molecular weight is 415 g/mol. The monoisotopic (exact) mass is 414 g/mol. The first-order valence-corrected chi connectivity index (χ1v) is 9.68. The van der Waals surface area contributed by atoms with Gasteiger partial charge >= 0.3 is 0 Å². The Kier molecular flexibility index (Phi) is 5.54. The molecule has 8 nitrogen and oxygen atoms in total. The first-order valence-electron chi connectivity index (χ1n) is 8.31. The number of halogens is 1. The number of hydrogen-bond donors (Lipinski definition) is 0. The molecular weight excluding hydrogens is 400 g/mol. The molecule has 0 aliphatic rings. The summed E-state index contributed by atoms with van der Waals surface area (Å²) >= 11 is 7.33. The third kappa shape index (κ3) is 4.32.